The molecule has 4 nitrogen and oxygen atoms in total. The fourth-order valence-electron chi connectivity index (χ4n) is 4.83. The molecule has 0 aromatic heterocycles. The van der Waals surface area contributed by atoms with Crippen LogP contribution in [-0.2, 0) is 12.8 Å². The second-order valence-corrected chi connectivity index (χ2v) is 9.41. The highest BCUT2D eigenvalue weighted by Gasteiger charge is 2.23. The van der Waals surface area contributed by atoms with E-state index >= 15 is 0 Å². The summed E-state index contributed by atoms with van der Waals surface area (Å²) in [5.74, 6) is 0.148. The third kappa shape index (κ3) is 10.9. The molecule has 0 amide bonds. The van der Waals surface area contributed by atoms with E-state index in [1.807, 2.05) is 6.92 Å². The fourth-order valence-corrected chi connectivity index (χ4v) is 4.83. The van der Waals surface area contributed by atoms with Crippen molar-refractivity contribution in [1.82, 2.24) is 6.15 Å². The Morgan fingerprint density at radius 2 is 1.15 bits per heavy atom. The standard InChI is InChI=1S/C29H50O3.H3N/c1-6-9-11-13-14-15-16-17-18-19-21-26-24(5)28(32-22-20-12-10-7-2)23(4)25(8-3)27(26)29(30)31;/h6-22H2,1-5H3,(H,30,31);1H3. The van der Waals surface area contributed by atoms with E-state index in [9.17, 15) is 9.90 Å². The number of carboxylic acid groups (broad SMARTS) is 1. The maximum Gasteiger partial charge on any atom is 0.336 e. The van der Waals surface area contributed by atoms with E-state index in [2.05, 4.69) is 27.7 Å². The first kappa shape index (κ1) is 31.4. The van der Waals surface area contributed by atoms with Crippen molar-refractivity contribution in [3.05, 3.63) is 27.8 Å². The number of rotatable bonds is 19. The molecule has 33 heavy (non-hydrogen) atoms. The minimum atomic E-state index is -0.787. The fraction of sp³-hybridized carbons (Fsp3) is 0.759. The lowest BCUT2D eigenvalue weighted by Gasteiger charge is -2.22. The molecule has 4 heteroatoms. The molecule has 192 valence electrons. The predicted octanol–water partition coefficient (Wildman–Crippen LogP) is 9.15. The van der Waals surface area contributed by atoms with Crippen molar-refractivity contribution in [3.8, 4) is 5.75 Å². The molecule has 0 saturated carbocycles. The highest BCUT2D eigenvalue weighted by Crippen LogP contribution is 2.35. The van der Waals surface area contributed by atoms with Crippen molar-refractivity contribution >= 4 is 5.97 Å². The second kappa shape index (κ2) is 18.8. The number of ether oxygens (including phenoxy) is 1. The first-order valence-electron chi connectivity index (χ1n) is 13.5. The van der Waals surface area contributed by atoms with Gasteiger partial charge in [-0.15, -0.1) is 0 Å². The van der Waals surface area contributed by atoms with Crippen LogP contribution in [-0.4, -0.2) is 17.7 Å². The van der Waals surface area contributed by atoms with Crippen LogP contribution >= 0.6 is 0 Å². The van der Waals surface area contributed by atoms with Gasteiger partial charge in [0.2, 0.25) is 0 Å². The monoisotopic (exact) mass is 463 g/mol. The van der Waals surface area contributed by atoms with Gasteiger partial charge in [0.1, 0.15) is 5.75 Å². The summed E-state index contributed by atoms with van der Waals surface area (Å²) in [4.78, 5) is 12.2. The molecule has 0 bridgehead atoms. The number of carboxylic acids is 1. The largest absolute Gasteiger partial charge is 0.493 e. The van der Waals surface area contributed by atoms with E-state index in [0.29, 0.717) is 5.56 Å². The molecule has 0 radical (unpaired) electrons. The van der Waals surface area contributed by atoms with E-state index in [1.165, 1.54) is 77.0 Å². The van der Waals surface area contributed by atoms with Crippen molar-refractivity contribution in [2.45, 2.75) is 137 Å². The average Bonchev–Trinajstić information content (AvgIpc) is 2.77. The zero-order chi connectivity index (χ0) is 23.8. The van der Waals surface area contributed by atoms with Gasteiger partial charge in [0.15, 0.2) is 0 Å². The van der Waals surface area contributed by atoms with Crippen LogP contribution in [0.5, 0.6) is 5.75 Å². The van der Waals surface area contributed by atoms with Crippen molar-refractivity contribution in [2.24, 2.45) is 0 Å². The molecule has 1 aromatic carbocycles. The molecule has 1 aromatic rings. The number of carbonyl (C=O) groups is 1. The lowest BCUT2D eigenvalue weighted by Crippen LogP contribution is -2.14. The minimum absolute atomic E-state index is 0. The normalized spacial score (nSPS) is 10.8. The Hall–Kier alpha value is -1.55. The number of hydrogen-bond acceptors (Lipinski definition) is 3. The highest BCUT2D eigenvalue weighted by atomic mass is 16.5. The van der Waals surface area contributed by atoms with Gasteiger partial charge in [-0.1, -0.05) is 97.8 Å². The SMILES string of the molecule is CCCCCCCCCCCCc1c(C)c(OCCCCCC)c(C)c(CC)c1C(=O)O.N. The Labute approximate surface area is 204 Å². The zero-order valence-corrected chi connectivity index (χ0v) is 22.5. The number of aromatic carboxylic acids is 1. The number of hydrogen-bond donors (Lipinski definition) is 2. The van der Waals surface area contributed by atoms with Gasteiger partial charge in [-0.3, -0.25) is 0 Å². The molecule has 0 spiro atoms. The van der Waals surface area contributed by atoms with Crippen molar-refractivity contribution < 1.29 is 14.6 Å². The van der Waals surface area contributed by atoms with Crippen molar-refractivity contribution in [2.75, 3.05) is 6.61 Å². The van der Waals surface area contributed by atoms with Gasteiger partial charge in [0.25, 0.3) is 0 Å². The summed E-state index contributed by atoms with van der Waals surface area (Å²) < 4.78 is 6.24. The van der Waals surface area contributed by atoms with Crippen LogP contribution in [0.15, 0.2) is 0 Å². The molecule has 0 aliphatic heterocycles. The third-order valence-electron chi connectivity index (χ3n) is 6.78. The first-order valence-corrected chi connectivity index (χ1v) is 13.5. The first-order chi connectivity index (χ1) is 15.5. The zero-order valence-electron chi connectivity index (χ0n) is 22.5. The Kier molecular flexibility index (Phi) is 17.9. The van der Waals surface area contributed by atoms with Crippen molar-refractivity contribution in [3.63, 3.8) is 0 Å². The molecule has 0 aliphatic rings. The molecule has 4 N–H and O–H groups in total. The molecule has 0 saturated heterocycles. The topological polar surface area (TPSA) is 81.5 Å². The average molecular weight is 464 g/mol. The third-order valence-corrected chi connectivity index (χ3v) is 6.78. The predicted molar refractivity (Wildman–Crippen MR) is 142 cm³/mol. The Morgan fingerprint density at radius 1 is 0.697 bits per heavy atom. The smallest absolute Gasteiger partial charge is 0.336 e. The van der Waals surface area contributed by atoms with Crippen LogP contribution in [0.2, 0.25) is 0 Å². The van der Waals surface area contributed by atoms with Gasteiger partial charge in [0.05, 0.1) is 12.2 Å². The molecular weight excluding hydrogens is 410 g/mol. The van der Waals surface area contributed by atoms with Gasteiger partial charge in [-0.25, -0.2) is 4.79 Å². The van der Waals surface area contributed by atoms with Crippen LogP contribution in [0.25, 0.3) is 0 Å². The van der Waals surface area contributed by atoms with Crippen molar-refractivity contribution in [1.29, 1.82) is 0 Å². The maximum atomic E-state index is 12.2. The van der Waals surface area contributed by atoms with Gasteiger partial charge in [0, 0.05) is 0 Å². The minimum Gasteiger partial charge on any atom is -0.493 e. The lowest BCUT2D eigenvalue weighted by atomic mass is 9.87. The van der Waals surface area contributed by atoms with E-state index in [4.69, 9.17) is 4.74 Å². The summed E-state index contributed by atoms with van der Waals surface area (Å²) in [6.07, 6.45) is 19.2. The summed E-state index contributed by atoms with van der Waals surface area (Å²) in [5, 5.41) is 10.0. The number of unbranched alkanes of at least 4 members (excludes halogenated alkanes) is 12. The highest BCUT2D eigenvalue weighted by molar-refractivity contribution is 5.93. The van der Waals surface area contributed by atoms with E-state index in [0.717, 1.165) is 60.3 Å². The Morgan fingerprint density at radius 3 is 1.64 bits per heavy atom. The van der Waals surface area contributed by atoms with Crippen LogP contribution in [0.4, 0.5) is 0 Å². The summed E-state index contributed by atoms with van der Waals surface area (Å²) >= 11 is 0. The number of benzene rings is 1. The maximum absolute atomic E-state index is 12.2. The van der Waals surface area contributed by atoms with E-state index < -0.39 is 5.97 Å². The Bertz CT molecular complexity index is 670. The van der Waals surface area contributed by atoms with E-state index in [-0.39, 0.29) is 6.15 Å². The molecule has 0 atom stereocenters. The molecular formula is C29H53NO3. The summed E-state index contributed by atoms with van der Waals surface area (Å²) in [7, 11) is 0. The second-order valence-electron chi connectivity index (χ2n) is 9.41. The molecule has 0 fully saturated rings. The summed E-state index contributed by atoms with van der Waals surface area (Å²) in [5.41, 5.74) is 4.56. The van der Waals surface area contributed by atoms with Gasteiger partial charge >= 0.3 is 5.97 Å². The molecule has 0 heterocycles. The quantitative estimate of drug-likeness (QED) is 0.200. The van der Waals surface area contributed by atoms with Gasteiger partial charge in [-0.2, -0.15) is 0 Å². The molecule has 0 unspecified atom stereocenters. The van der Waals surface area contributed by atoms with Gasteiger partial charge in [-0.05, 0) is 61.8 Å². The van der Waals surface area contributed by atoms with Crippen LogP contribution in [0.3, 0.4) is 0 Å². The molecule has 0 aliphatic carbocycles. The van der Waals surface area contributed by atoms with Crippen LogP contribution in [0.1, 0.15) is 143 Å². The summed E-state index contributed by atoms with van der Waals surface area (Å²) in [6.45, 7) is 11.3. The Balaban J connectivity index is 0.0000102. The van der Waals surface area contributed by atoms with Crippen LogP contribution in [0, 0.1) is 13.8 Å². The van der Waals surface area contributed by atoms with Gasteiger partial charge < -0.3 is 16.0 Å². The van der Waals surface area contributed by atoms with Crippen LogP contribution < -0.4 is 10.9 Å². The lowest BCUT2D eigenvalue weighted by molar-refractivity contribution is 0.0694. The summed E-state index contributed by atoms with van der Waals surface area (Å²) in [6, 6.07) is 0. The van der Waals surface area contributed by atoms with E-state index in [1.54, 1.807) is 0 Å². The molecule has 1 rings (SSSR count).